The molecule has 2 N–H and O–H groups in total. The summed E-state index contributed by atoms with van der Waals surface area (Å²) in [5, 5.41) is 5.48. The second-order valence-electron chi connectivity index (χ2n) is 6.33. The van der Waals surface area contributed by atoms with Gasteiger partial charge in [-0.1, -0.05) is 24.3 Å². The molecule has 2 aromatic carbocycles. The molecule has 2 atom stereocenters. The molecule has 0 unspecified atom stereocenters. The highest BCUT2D eigenvalue weighted by atomic mass is 19.1. The van der Waals surface area contributed by atoms with Crippen LogP contribution in [0.25, 0.3) is 0 Å². The van der Waals surface area contributed by atoms with Crippen LogP contribution in [-0.2, 0) is 16.0 Å². The first-order valence-corrected chi connectivity index (χ1v) is 8.22. The molecule has 25 heavy (non-hydrogen) atoms. The Balaban J connectivity index is 1.43. The van der Waals surface area contributed by atoms with Gasteiger partial charge in [0.25, 0.3) is 0 Å². The van der Waals surface area contributed by atoms with E-state index in [0.29, 0.717) is 17.8 Å². The first-order valence-electron chi connectivity index (χ1n) is 8.22. The second kappa shape index (κ2) is 6.20. The molecule has 4 rings (SSSR count). The standard InChI is InChI=1S/C19H17FN2O3/c20-12-5-6-14-15(9-18(23)22-16(14)8-12)19(24)21-10-13-7-11-3-1-2-4-17(11)25-13/h1-6,8,13,15H,7,9-10H2,(H,21,24)(H,22,23)/t13-,15+/m1/s1. The first-order chi connectivity index (χ1) is 12.1. The number of benzene rings is 2. The summed E-state index contributed by atoms with van der Waals surface area (Å²) in [5.41, 5.74) is 2.12. The minimum atomic E-state index is -0.617. The molecular weight excluding hydrogens is 323 g/mol. The number of hydrogen-bond acceptors (Lipinski definition) is 3. The summed E-state index contributed by atoms with van der Waals surface area (Å²) < 4.78 is 19.2. The smallest absolute Gasteiger partial charge is 0.228 e. The van der Waals surface area contributed by atoms with Crippen LogP contribution in [0.3, 0.4) is 0 Å². The number of anilines is 1. The van der Waals surface area contributed by atoms with Crippen LogP contribution in [0.1, 0.15) is 23.5 Å². The van der Waals surface area contributed by atoms with Crippen molar-refractivity contribution >= 4 is 17.5 Å². The fraction of sp³-hybridized carbons (Fsp3) is 0.263. The zero-order valence-electron chi connectivity index (χ0n) is 13.4. The molecular formula is C19H17FN2O3. The summed E-state index contributed by atoms with van der Waals surface area (Å²) in [5.74, 6) is -0.755. The number of rotatable bonds is 3. The molecule has 0 radical (unpaired) electrons. The maximum absolute atomic E-state index is 13.4. The van der Waals surface area contributed by atoms with E-state index in [2.05, 4.69) is 10.6 Å². The Morgan fingerprint density at radius 2 is 2.08 bits per heavy atom. The van der Waals surface area contributed by atoms with Crippen molar-refractivity contribution in [1.82, 2.24) is 5.32 Å². The number of amides is 2. The third kappa shape index (κ3) is 3.07. The average molecular weight is 340 g/mol. The lowest BCUT2D eigenvalue weighted by Crippen LogP contribution is -2.39. The predicted molar refractivity (Wildman–Crippen MR) is 90.0 cm³/mol. The minimum Gasteiger partial charge on any atom is -0.488 e. The molecule has 5 nitrogen and oxygen atoms in total. The molecule has 6 heteroatoms. The fourth-order valence-electron chi connectivity index (χ4n) is 3.38. The lowest BCUT2D eigenvalue weighted by atomic mass is 9.89. The number of hydrogen-bond donors (Lipinski definition) is 2. The molecule has 2 amide bonds. The largest absolute Gasteiger partial charge is 0.488 e. The number of carbonyl (C=O) groups is 2. The summed E-state index contributed by atoms with van der Waals surface area (Å²) in [6.45, 7) is 0.363. The van der Waals surface area contributed by atoms with Crippen molar-refractivity contribution in [3.63, 3.8) is 0 Å². The molecule has 2 aromatic rings. The van der Waals surface area contributed by atoms with E-state index in [-0.39, 0.29) is 24.3 Å². The van der Waals surface area contributed by atoms with Gasteiger partial charge >= 0.3 is 0 Å². The maximum Gasteiger partial charge on any atom is 0.228 e. The summed E-state index contributed by atoms with van der Waals surface area (Å²) >= 11 is 0. The van der Waals surface area contributed by atoms with Crippen molar-refractivity contribution < 1.29 is 18.7 Å². The Hall–Kier alpha value is -2.89. The molecule has 128 valence electrons. The topological polar surface area (TPSA) is 67.4 Å². The normalized spacial score (nSPS) is 20.9. The molecule has 2 aliphatic rings. The van der Waals surface area contributed by atoms with Gasteiger partial charge in [0.2, 0.25) is 11.8 Å². The summed E-state index contributed by atoms with van der Waals surface area (Å²) in [6, 6.07) is 11.9. The lowest BCUT2D eigenvalue weighted by molar-refractivity contribution is -0.126. The van der Waals surface area contributed by atoms with E-state index in [1.54, 1.807) is 6.07 Å². The van der Waals surface area contributed by atoms with Crippen molar-refractivity contribution in [2.24, 2.45) is 0 Å². The number of ether oxygens (including phenoxy) is 1. The van der Waals surface area contributed by atoms with Gasteiger partial charge in [-0.15, -0.1) is 0 Å². The third-order valence-electron chi connectivity index (χ3n) is 4.59. The van der Waals surface area contributed by atoms with Crippen molar-refractivity contribution in [3.8, 4) is 5.75 Å². The van der Waals surface area contributed by atoms with Crippen LogP contribution in [0.2, 0.25) is 0 Å². The second-order valence-corrected chi connectivity index (χ2v) is 6.33. The average Bonchev–Trinajstić information content (AvgIpc) is 3.01. The van der Waals surface area contributed by atoms with E-state index in [4.69, 9.17) is 4.74 Å². The van der Waals surface area contributed by atoms with Gasteiger partial charge in [-0.3, -0.25) is 9.59 Å². The Labute approximate surface area is 144 Å². The third-order valence-corrected chi connectivity index (χ3v) is 4.59. The van der Waals surface area contributed by atoms with Crippen LogP contribution in [0, 0.1) is 5.82 Å². The van der Waals surface area contributed by atoms with Crippen LogP contribution in [-0.4, -0.2) is 24.5 Å². The van der Waals surface area contributed by atoms with Crippen LogP contribution in [0.5, 0.6) is 5.75 Å². The molecule has 0 aliphatic carbocycles. The fourth-order valence-corrected chi connectivity index (χ4v) is 3.38. The molecule has 0 fully saturated rings. The van der Waals surface area contributed by atoms with Gasteiger partial charge in [0.1, 0.15) is 17.7 Å². The maximum atomic E-state index is 13.4. The predicted octanol–water partition coefficient (Wildman–Crippen LogP) is 2.37. The SMILES string of the molecule is O=C1C[C@H](C(=O)NC[C@H]2Cc3ccccc3O2)c2ccc(F)cc2N1. The molecule has 2 aliphatic heterocycles. The van der Waals surface area contributed by atoms with Crippen LogP contribution >= 0.6 is 0 Å². The molecule has 2 heterocycles. The van der Waals surface area contributed by atoms with Crippen molar-refractivity contribution in [2.45, 2.75) is 24.9 Å². The lowest BCUT2D eigenvalue weighted by Gasteiger charge is -2.25. The van der Waals surface area contributed by atoms with E-state index in [1.165, 1.54) is 12.1 Å². The van der Waals surface area contributed by atoms with Gasteiger partial charge in [-0.05, 0) is 29.3 Å². The van der Waals surface area contributed by atoms with Crippen molar-refractivity contribution in [2.75, 3.05) is 11.9 Å². The first kappa shape index (κ1) is 15.6. The van der Waals surface area contributed by atoms with Crippen molar-refractivity contribution in [1.29, 1.82) is 0 Å². The Bertz CT molecular complexity index is 827. The van der Waals surface area contributed by atoms with E-state index in [0.717, 1.165) is 17.7 Å². The van der Waals surface area contributed by atoms with E-state index in [1.807, 2.05) is 24.3 Å². The molecule has 0 spiro atoms. The van der Waals surface area contributed by atoms with E-state index >= 15 is 0 Å². The van der Waals surface area contributed by atoms with Gasteiger partial charge in [-0.2, -0.15) is 0 Å². The Kier molecular flexibility index (Phi) is 3.87. The van der Waals surface area contributed by atoms with E-state index < -0.39 is 11.7 Å². The van der Waals surface area contributed by atoms with Crippen LogP contribution < -0.4 is 15.4 Å². The zero-order valence-corrected chi connectivity index (χ0v) is 13.4. The quantitative estimate of drug-likeness (QED) is 0.901. The number of carbonyl (C=O) groups excluding carboxylic acids is 2. The summed E-state index contributed by atoms with van der Waals surface area (Å²) in [7, 11) is 0. The number of para-hydroxylation sites is 1. The zero-order chi connectivity index (χ0) is 17.4. The van der Waals surface area contributed by atoms with E-state index in [9.17, 15) is 14.0 Å². The summed E-state index contributed by atoms with van der Waals surface area (Å²) in [6.07, 6.45) is 0.672. The highest BCUT2D eigenvalue weighted by Crippen LogP contribution is 2.33. The molecule has 0 bridgehead atoms. The van der Waals surface area contributed by atoms with Gasteiger partial charge in [0, 0.05) is 18.5 Å². The Morgan fingerprint density at radius 1 is 1.24 bits per heavy atom. The van der Waals surface area contributed by atoms with Gasteiger partial charge in [-0.25, -0.2) is 4.39 Å². The highest BCUT2D eigenvalue weighted by Gasteiger charge is 2.32. The number of fused-ring (bicyclic) bond motifs is 2. The minimum absolute atomic E-state index is 0.0518. The molecule has 0 saturated carbocycles. The van der Waals surface area contributed by atoms with Gasteiger partial charge < -0.3 is 15.4 Å². The Morgan fingerprint density at radius 3 is 2.92 bits per heavy atom. The molecule has 0 aromatic heterocycles. The van der Waals surface area contributed by atoms with Crippen molar-refractivity contribution in [3.05, 3.63) is 59.4 Å². The van der Waals surface area contributed by atoms with Crippen LogP contribution in [0.4, 0.5) is 10.1 Å². The molecule has 0 saturated heterocycles. The van der Waals surface area contributed by atoms with Crippen LogP contribution in [0.15, 0.2) is 42.5 Å². The number of halogens is 1. The summed E-state index contributed by atoms with van der Waals surface area (Å²) in [4.78, 5) is 24.4. The highest BCUT2D eigenvalue weighted by molar-refractivity contribution is 6.01. The monoisotopic (exact) mass is 340 g/mol. The van der Waals surface area contributed by atoms with Gasteiger partial charge in [0.15, 0.2) is 0 Å². The van der Waals surface area contributed by atoms with Gasteiger partial charge in [0.05, 0.1) is 12.5 Å². The number of nitrogens with one attached hydrogen (secondary N) is 2.